The number of unbranched alkanes of at least 4 members (excludes halogenated alkanes) is 7. The van der Waals surface area contributed by atoms with Gasteiger partial charge in [0.1, 0.15) is 42.5 Å². The highest BCUT2D eigenvalue weighted by atomic mass is 32.2. The van der Waals surface area contributed by atoms with Gasteiger partial charge in [0.25, 0.3) is 0 Å². The zero-order valence-corrected chi connectivity index (χ0v) is 39.9. The highest BCUT2D eigenvalue weighted by Gasteiger charge is 2.50. The number of hydrogen-bond donors (Lipinski definition) is 9. The lowest BCUT2D eigenvalue weighted by atomic mass is 9.87. The number of fused-ring (bicyclic) bond motifs is 1. The second-order valence-corrected chi connectivity index (χ2v) is 21.6. The third-order valence-corrected chi connectivity index (χ3v) is 14.1. The molecule has 0 bridgehead atoms. The van der Waals surface area contributed by atoms with Gasteiger partial charge in [0.15, 0.2) is 22.8 Å². The summed E-state index contributed by atoms with van der Waals surface area (Å²) in [6.45, 7) is 2.62. The Kier molecular flexibility index (Phi) is 23.2. The van der Waals surface area contributed by atoms with E-state index in [1.165, 1.54) is 26.7 Å². The number of carbonyl (C=O) groups excluding carboxylic acids is 4. The van der Waals surface area contributed by atoms with E-state index in [0.29, 0.717) is 24.5 Å². The first-order valence-corrected chi connectivity index (χ1v) is 26.4. The summed E-state index contributed by atoms with van der Waals surface area (Å²) in [5.74, 6) is -0.617. The van der Waals surface area contributed by atoms with E-state index < -0.39 is 84.6 Å². The minimum atomic E-state index is -5.58. The molecule has 65 heavy (non-hydrogen) atoms. The van der Waals surface area contributed by atoms with Crippen LogP contribution >= 0.6 is 35.2 Å². The molecule has 0 spiro atoms. The van der Waals surface area contributed by atoms with Crippen LogP contribution in [-0.2, 0) is 55.5 Å². The van der Waals surface area contributed by atoms with Crippen molar-refractivity contribution in [1.82, 2.24) is 30.2 Å². The second kappa shape index (κ2) is 26.7. The number of aliphatic hydroxyl groups is 2. The molecule has 10 N–H and O–H groups in total. The molecule has 1 fully saturated rings. The van der Waals surface area contributed by atoms with Crippen LogP contribution in [0.3, 0.4) is 0 Å². The fourth-order valence-corrected chi connectivity index (χ4v) is 10.0. The van der Waals surface area contributed by atoms with Crippen LogP contribution in [0.4, 0.5) is 5.82 Å². The number of imidazole rings is 1. The molecule has 3 rings (SSSR count). The van der Waals surface area contributed by atoms with E-state index in [2.05, 4.69) is 41.3 Å². The first kappa shape index (κ1) is 56.6. The fraction of sp³-hybridized carbons (Fsp3) is 0.750. The minimum absolute atomic E-state index is 0.0297. The number of phosphoric ester groups is 3. The van der Waals surface area contributed by atoms with Gasteiger partial charge in [-0.2, -0.15) is 4.31 Å². The summed E-state index contributed by atoms with van der Waals surface area (Å²) in [6, 6.07) is 0. The van der Waals surface area contributed by atoms with Crippen LogP contribution in [0.2, 0.25) is 0 Å². The minimum Gasteiger partial charge on any atom is -0.386 e. The lowest BCUT2D eigenvalue weighted by Crippen LogP contribution is -2.46. The van der Waals surface area contributed by atoms with Gasteiger partial charge in [-0.1, -0.05) is 83.9 Å². The molecule has 0 aromatic carbocycles. The SMILES string of the molecule is C[C@@H](CC=O)CCCCCCCCCCC(=O)SCCNC(=O)CCNC(=O)C(O)C(C)(C)COP(=O)(O)OP(=O)(O)OC[C@H]1O[C@@H](n2cnc3c(N)ncnc32)[C@H](O)[C@@H]1OP(=O)(O)O. The maximum Gasteiger partial charge on any atom is 0.481 e. The monoisotopic (exact) mass is 1010 g/mol. The van der Waals surface area contributed by atoms with Gasteiger partial charge in [-0.05, 0) is 12.3 Å². The smallest absolute Gasteiger partial charge is 0.386 e. The number of amides is 2. The third-order valence-electron chi connectivity index (χ3n) is 10.1. The molecule has 3 unspecified atom stereocenters. The van der Waals surface area contributed by atoms with Gasteiger partial charge < -0.3 is 55.7 Å². The van der Waals surface area contributed by atoms with Crippen molar-refractivity contribution in [2.45, 2.75) is 128 Å². The Bertz CT molecular complexity index is 2010. The fourth-order valence-electron chi connectivity index (χ4n) is 6.47. The van der Waals surface area contributed by atoms with Gasteiger partial charge in [0, 0.05) is 43.5 Å². The summed E-state index contributed by atoms with van der Waals surface area (Å²) >= 11 is 1.13. The number of nitrogen functional groups attached to an aromatic ring is 1. The van der Waals surface area contributed by atoms with Crippen LogP contribution in [0.1, 0.15) is 104 Å². The number of aliphatic hydroxyl groups excluding tert-OH is 2. The van der Waals surface area contributed by atoms with Gasteiger partial charge in [-0.3, -0.25) is 32.5 Å². The van der Waals surface area contributed by atoms with Crippen molar-refractivity contribution in [3.8, 4) is 0 Å². The molecule has 3 heterocycles. The Morgan fingerprint density at radius 1 is 0.954 bits per heavy atom. The molecule has 0 radical (unpaired) electrons. The molecule has 25 nitrogen and oxygen atoms in total. The Morgan fingerprint density at radius 2 is 1.60 bits per heavy atom. The van der Waals surface area contributed by atoms with E-state index in [-0.39, 0.29) is 41.6 Å². The molecule has 1 aliphatic heterocycles. The number of ether oxygens (including phenoxy) is 1. The number of carbonyl (C=O) groups is 4. The number of aldehydes is 1. The largest absolute Gasteiger partial charge is 0.481 e. The Labute approximate surface area is 380 Å². The summed E-state index contributed by atoms with van der Waals surface area (Å²) in [5, 5.41) is 26.6. The first-order valence-electron chi connectivity index (χ1n) is 20.9. The molecule has 0 aliphatic carbocycles. The number of thioether (sulfide) groups is 1. The summed E-state index contributed by atoms with van der Waals surface area (Å²) in [5.41, 5.74) is 4.27. The zero-order valence-electron chi connectivity index (χ0n) is 36.4. The second-order valence-electron chi connectivity index (χ2n) is 16.2. The van der Waals surface area contributed by atoms with Gasteiger partial charge in [0.05, 0.1) is 19.5 Å². The summed E-state index contributed by atoms with van der Waals surface area (Å²) in [6.07, 6.45) is 4.84. The van der Waals surface area contributed by atoms with Crippen molar-refractivity contribution in [2.75, 3.05) is 37.8 Å². The molecule has 1 aliphatic rings. The Hall–Kier alpha value is -2.77. The average molecular weight is 1010 g/mol. The highest BCUT2D eigenvalue weighted by Crippen LogP contribution is 2.61. The molecular formula is C36H62N7O18P3S. The molecular weight excluding hydrogens is 943 g/mol. The van der Waals surface area contributed by atoms with Crippen LogP contribution in [0, 0.1) is 11.3 Å². The molecule has 2 aromatic rings. The third kappa shape index (κ3) is 20.2. The molecule has 2 amide bonds. The lowest BCUT2D eigenvalue weighted by molar-refractivity contribution is -0.137. The molecule has 8 atom stereocenters. The topological polar surface area (TPSA) is 381 Å². The lowest BCUT2D eigenvalue weighted by Gasteiger charge is -2.30. The zero-order chi connectivity index (χ0) is 48.4. The number of nitrogens with zero attached hydrogens (tertiary/aromatic N) is 4. The van der Waals surface area contributed by atoms with E-state index in [9.17, 15) is 62.7 Å². The number of rotatable bonds is 32. The quantitative estimate of drug-likeness (QED) is 0.0289. The number of nitrogens with two attached hydrogens (primary N) is 1. The van der Waals surface area contributed by atoms with Gasteiger partial charge >= 0.3 is 23.5 Å². The maximum absolute atomic E-state index is 12.7. The van der Waals surface area contributed by atoms with E-state index >= 15 is 0 Å². The molecule has 370 valence electrons. The molecule has 0 saturated carbocycles. The van der Waals surface area contributed by atoms with Crippen LogP contribution in [0.15, 0.2) is 12.7 Å². The maximum atomic E-state index is 12.7. The number of hydrogen-bond acceptors (Lipinski definition) is 19. The standard InChI is InChI=1S/C36H62N7O18P3S/c1-24(15-18-44)12-10-8-6-4-5-7-9-11-13-27(46)65-19-17-38-26(45)14-16-39-34(49)31(48)36(2,3)21-58-64(55,56)61-63(53,54)57-20-25-30(60-62(50,51)52)29(47)35(59-25)43-23-42-28-32(37)40-22-41-33(28)43/h18,22-25,29-31,35,47-48H,4-17,19-21H2,1-3H3,(H,38,45)(H,39,49)(H,53,54)(H,55,56)(H2,37,40,41)(H2,50,51,52)/t24-,25-,29-,30-,31?,35-/m1/s1. The summed E-state index contributed by atoms with van der Waals surface area (Å²) in [4.78, 5) is 98.7. The number of phosphoric acid groups is 3. The molecule has 29 heteroatoms. The Balaban J connectivity index is 1.33. The van der Waals surface area contributed by atoms with Crippen LogP contribution in [0.5, 0.6) is 0 Å². The van der Waals surface area contributed by atoms with Crippen molar-refractivity contribution in [2.24, 2.45) is 11.3 Å². The normalized spacial score (nSPS) is 20.8. The molecule has 1 saturated heterocycles. The Morgan fingerprint density at radius 3 is 2.26 bits per heavy atom. The van der Waals surface area contributed by atoms with Crippen molar-refractivity contribution in [3.63, 3.8) is 0 Å². The van der Waals surface area contributed by atoms with E-state index in [1.807, 2.05) is 0 Å². The van der Waals surface area contributed by atoms with Crippen LogP contribution < -0.4 is 16.4 Å². The number of aromatic nitrogens is 4. The van der Waals surface area contributed by atoms with Crippen molar-refractivity contribution >= 4 is 75.4 Å². The number of anilines is 1. The number of nitrogens with one attached hydrogen (secondary N) is 2. The summed E-state index contributed by atoms with van der Waals surface area (Å²) < 4.78 is 62.3. The highest BCUT2D eigenvalue weighted by molar-refractivity contribution is 8.13. The first-order chi connectivity index (χ1) is 30.4. The van der Waals surface area contributed by atoms with Gasteiger partial charge in [0.2, 0.25) is 11.8 Å². The van der Waals surface area contributed by atoms with Gasteiger partial charge in [-0.25, -0.2) is 28.6 Å². The predicted molar refractivity (Wildman–Crippen MR) is 233 cm³/mol. The van der Waals surface area contributed by atoms with E-state index in [1.54, 1.807) is 0 Å². The van der Waals surface area contributed by atoms with Gasteiger partial charge in [-0.15, -0.1) is 0 Å². The average Bonchev–Trinajstić information content (AvgIpc) is 3.78. The van der Waals surface area contributed by atoms with Crippen LogP contribution in [0.25, 0.3) is 11.2 Å². The van der Waals surface area contributed by atoms with E-state index in [0.717, 1.165) is 80.2 Å². The summed E-state index contributed by atoms with van der Waals surface area (Å²) in [7, 11) is -16.4. The van der Waals surface area contributed by atoms with Crippen molar-refractivity contribution in [1.29, 1.82) is 0 Å². The molecule has 2 aromatic heterocycles. The predicted octanol–water partition coefficient (Wildman–Crippen LogP) is 2.79. The van der Waals surface area contributed by atoms with Crippen molar-refractivity contribution < 1.29 is 85.3 Å². The van der Waals surface area contributed by atoms with Crippen LogP contribution in [-0.4, -0.2) is 129 Å². The van der Waals surface area contributed by atoms with Crippen molar-refractivity contribution in [3.05, 3.63) is 12.7 Å². The van der Waals surface area contributed by atoms with E-state index in [4.69, 9.17) is 19.5 Å².